The number of fused-ring (bicyclic) bond motifs is 2. The third-order valence-corrected chi connectivity index (χ3v) is 6.83. The molecule has 4 aromatic rings. The first-order chi connectivity index (χ1) is 14.7. The van der Waals surface area contributed by atoms with Crippen LogP contribution < -0.4 is 10.8 Å². The standard InChI is InChI=1S/C25H24N2O3/c1-24(17-5-3-2-4-6-17)15-26-21-9-8-19(14-20(21)24)27-28-16-25(11-12-25)18-7-10-22-23(13-18)30-29-22/h2-10,13-14,26-27H,11-12,15-16H2,1H3. The van der Waals surface area contributed by atoms with Crippen LogP contribution in [0.1, 0.15) is 36.5 Å². The summed E-state index contributed by atoms with van der Waals surface area (Å²) in [5, 5.41) is 3.55. The molecule has 1 aromatic heterocycles. The zero-order valence-corrected chi connectivity index (χ0v) is 16.9. The minimum Gasteiger partial charge on any atom is -0.384 e. The van der Waals surface area contributed by atoms with E-state index in [9.17, 15) is 0 Å². The molecule has 0 spiro atoms. The van der Waals surface area contributed by atoms with E-state index in [0.717, 1.165) is 36.2 Å². The molecule has 1 unspecified atom stereocenters. The van der Waals surface area contributed by atoms with Gasteiger partial charge in [-0.2, -0.15) is 0 Å². The smallest absolute Gasteiger partial charge is 0.225 e. The van der Waals surface area contributed by atoms with Crippen LogP contribution in [0.3, 0.4) is 0 Å². The Hall–Kier alpha value is -3.18. The molecule has 2 N–H and O–H groups in total. The van der Waals surface area contributed by atoms with Crippen LogP contribution in [-0.4, -0.2) is 13.2 Å². The molecule has 152 valence electrons. The second-order valence-corrected chi connectivity index (χ2v) is 8.81. The van der Waals surface area contributed by atoms with Gasteiger partial charge < -0.3 is 5.32 Å². The Morgan fingerprint density at radius 2 is 1.77 bits per heavy atom. The number of rotatable bonds is 6. The first-order valence-electron chi connectivity index (χ1n) is 10.5. The Labute approximate surface area is 174 Å². The molecule has 5 heteroatoms. The molecule has 0 saturated heterocycles. The van der Waals surface area contributed by atoms with Crippen molar-refractivity contribution in [1.29, 1.82) is 0 Å². The normalized spacial score (nSPS) is 21.4. The first kappa shape index (κ1) is 17.7. The van der Waals surface area contributed by atoms with E-state index in [0.29, 0.717) is 6.61 Å². The summed E-state index contributed by atoms with van der Waals surface area (Å²) < 4.78 is 9.99. The quantitative estimate of drug-likeness (QED) is 0.315. The molecule has 2 heterocycles. The van der Waals surface area contributed by atoms with Gasteiger partial charge >= 0.3 is 0 Å². The van der Waals surface area contributed by atoms with Gasteiger partial charge in [-0.1, -0.05) is 36.4 Å². The fourth-order valence-corrected chi connectivity index (χ4v) is 4.60. The van der Waals surface area contributed by atoms with Crippen molar-refractivity contribution in [3.8, 4) is 0 Å². The highest BCUT2D eigenvalue weighted by atomic mass is 17.0. The van der Waals surface area contributed by atoms with Gasteiger partial charge in [0.2, 0.25) is 11.2 Å². The molecule has 3 aromatic carbocycles. The Morgan fingerprint density at radius 1 is 0.933 bits per heavy atom. The molecule has 1 aliphatic heterocycles. The van der Waals surface area contributed by atoms with Gasteiger partial charge in [-0.15, -0.1) is 0 Å². The summed E-state index contributed by atoms with van der Waals surface area (Å²) in [6, 6.07) is 23.2. The average Bonchev–Trinajstić information content (AvgIpc) is 3.47. The van der Waals surface area contributed by atoms with Crippen molar-refractivity contribution in [3.05, 3.63) is 83.4 Å². The van der Waals surface area contributed by atoms with Gasteiger partial charge in [0, 0.05) is 23.1 Å². The van der Waals surface area contributed by atoms with Crippen molar-refractivity contribution in [2.45, 2.75) is 30.6 Å². The molecule has 0 radical (unpaired) electrons. The molecule has 1 saturated carbocycles. The Morgan fingerprint density at radius 3 is 2.50 bits per heavy atom. The van der Waals surface area contributed by atoms with Crippen LogP contribution in [0.4, 0.5) is 11.4 Å². The van der Waals surface area contributed by atoms with Crippen LogP contribution in [-0.2, 0) is 15.7 Å². The fraction of sp³-hybridized carbons (Fsp3) is 0.280. The van der Waals surface area contributed by atoms with E-state index in [4.69, 9.17) is 14.0 Å². The molecule has 0 bridgehead atoms. The SMILES string of the molecule is CC1(c2ccccc2)CNc2ccc(NOCC3(c4ccc5ooc5c4)CC3)cc21. The summed E-state index contributed by atoms with van der Waals surface area (Å²) in [5.74, 6) is 0. The lowest BCUT2D eigenvalue weighted by Crippen LogP contribution is -2.25. The van der Waals surface area contributed by atoms with Gasteiger partial charge in [0.1, 0.15) is 0 Å². The highest BCUT2D eigenvalue weighted by Crippen LogP contribution is 2.49. The van der Waals surface area contributed by atoms with E-state index in [1.807, 2.05) is 6.07 Å². The van der Waals surface area contributed by atoms with E-state index >= 15 is 0 Å². The van der Waals surface area contributed by atoms with Crippen molar-refractivity contribution in [1.82, 2.24) is 0 Å². The number of benzene rings is 3. The zero-order valence-electron chi connectivity index (χ0n) is 16.9. The van der Waals surface area contributed by atoms with Gasteiger partial charge in [-0.05, 0) is 66.8 Å². The summed E-state index contributed by atoms with van der Waals surface area (Å²) in [4.78, 5) is 5.98. The summed E-state index contributed by atoms with van der Waals surface area (Å²) >= 11 is 0. The minimum atomic E-state index is -0.0556. The Kier molecular flexibility index (Phi) is 3.77. The molecule has 6 rings (SSSR count). The molecule has 1 aliphatic carbocycles. The second kappa shape index (κ2) is 6.41. The van der Waals surface area contributed by atoms with Gasteiger partial charge in [0.05, 0.1) is 12.3 Å². The maximum atomic E-state index is 5.98. The van der Waals surface area contributed by atoms with Crippen molar-refractivity contribution >= 4 is 22.5 Å². The largest absolute Gasteiger partial charge is 0.384 e. The van der Waals surface area contributed by atoms with Crippen LogP contribution in [0.25, 0.3) is 11.2 Å². The van der Waals surface area contributed by atoms with Crippen molar-refractivity contribution < 1.29 is 14.0 Å². The van der Waals surface area contributed by atoms with Gasteiger partial charge in [0.25, 0.3) is 0 Å². The zero-order chi connectivity index (χ0) is 20.2. The lowest BCUT2D eigenvalue weighted by Gasteiger charge is -2.25. The van der Waals surface area contributed by atoms with Crippen LogP contribution in [0, 0.1) is 0 Å². The predicted molar refractivity (Wildman–Crippen MR) is 117 cm³/mol. The van der Waals surface area contributed by atoms with Crippen molar-refractivity contribution in [3.63, 3.8) is 0 Å². The van der Waals surface area contributed by atoms with E-state index in [-0.39, 0.29) is 10.8 Å². The Bertz CT molecular complexity index is 1210. The van der Waals surface area contributed by atoms with E-state index in [1.54, 1.807) is 0 Å². The van der Waals surface area contributed by atoms with Crippen molar-refractivity contribution in [2.75, 3.05) is 23.9 Å². The number of hydrogen-bond acceptors (Lipinski definition) is 5. The van der Waals surface area contributed by atoms with Gasteiger partial charge in [0.15, 0.2) is 0 Å². The molecule has 1 fully saturated rings. The summed E-state index contributed by atoms with van der Waals surface area (Å²) in [6.07, 6.45) is 2.24. The van der Waals surface area contributed by atoms with Crippen LogP contribution in [0.5, 0.6) is 0 Å². The third-order valence-electron chi connectivity index (χ3n) is 6.83. The summed E-state index contributed by atoms with van der Waals surface area (Å²) in [5.41, 5.74) is 10.9. The monoisotopic (exact) mass is 400 g/mol. The molecular formula is C25H24N2O3. The molecule has 30 heavy (non-hydrogen) atoms. The number of hydrogen-bond donors (Lipinski definition) is 2. The third kappa shape index (κ3) is 2.73. The van der Waals surface area contributed by atoms with E-state index in [1.165, 1.54) is 22.4 Å². The summed E-state index contributed by atoms with van der Waals surface area (Å²) in [7, 11) is 0. The highest BCUT2D eigenvalue weighted by Gasteiger charge is 2.45. The van der Waals surface area contributed by atoms with Crippen LogP contribution in [0.15, 0.2) is 75.9 Å². The lowest BCUT2D eigenvalue weighted by atomic mass is 9.78. The maximum absolute atomic E-state index is 5.98. The highest BCUT2D eigenvalue weighted by molar-refractivity contribution is 5.72. The Balaban J connectivity index is 1.18. The van der Waals surface area contributed by atoms with Crippen molar-refractivity contribution in [2.24, 2.45) is 0 Å². The molecule has 5 nitrogen and oxygen atoms in total. The molecule has 0 amide bonds. The number of nitrogens with one attached hydrogen (secondary N) is 2. The average molecular weight is 400 g/mol. The van der Waals surface area contributed by atoms with Crippen LogP contribution >= 0.6 is 0 Å². The van der Waals surface area contributed by atoms with Gasteiger partial charge in [-0.3, -0.25) is 19.5 Å². The topological polar surface area (TPSA) is 59.6 Å². The fourth-order valence-electron chi connectivity index (χ4n) is 4.60. The summed E-state index contributed by atoms with van der Waals surface area (Å²) in [6.45, 7) is 3.81. The number of anilines is 2. The second-order valence-electron chi connectivity index (χ2n) is 8.81. The maximum Gasteiger partial charge on any atom is 0.225 e. The molecule has 2 aliphatic rings. The predicted octanol–water partition coefficient (Wildman–Crippen LogP) is 5.83. The molecular weight excluding hydrogens is 376 g/mol. The van der Waals surface area contributed by atoms with E-state index < -0.39 is 0 Å². The minimum absolute atomic E-state index is 0.0556. The van der Waals surface area contributed by atoms with E-state index in [2.05, 4.69) is 78.4 Å². The molecule has 1 atom stereocenters. The lowest BCUT2D eigenvalue weighted by molar-refractivity contribution is 0.0587. The first-order valence-corrected chi connectivity index (χ1v) is 10.5. The van der Waals surface area contributed by atoms with Crippen LogP contribution in [0.2, 0.25) is 0 Å². The van der Waals surface area contributed by atoms with Gasteiger partial charge in [-0.25, -0.2) is 0 Å².